The van der Waals surface area contributed by atoms with Gasteiger partial charge in [-0.3, -0.25) is 4.57 Å². The molecule has 28 heavy (non-hydrogen) atoms. The standard InChI is InChI=1S/C19H26F2N6O/c1-3-22-19(24-14-17-23-8-9-27(17)18(20)21)26-12-10-25(11-13-26)15-6-4-5-7-16(15)28-2/h4-9,18H,3,10-14H2,1-2H3,(H,22,24). The molecule has 3 rings (SSSR count). The Morgan fingerprint density at radius 3 is 2.68 bits per heavy atom. The van der Waals surface area contributed by atoms with E-state index in [-0.39, 0.29) is 12.4 Å². The Hall–Kier alpha value is -2.84. The van der Waals surface area contributed by atoms with Gasteiger partial charge in [-0.15, -0.1) is 0 Å². The van der Waals surface area contributed by atoms with E-state index in [1.165, 1.54) is 12.4 Å². The predicted octanol–water partition coefficient (Wildman–Crippen LogP) is 2.57. The Labute approximate surface area is 163 Å². The molecule has 9 heteroatoms. The second-order valence-electron chi connectivity index (χ2n) is 6.34. The lowest BCUT2D eigenvalue weighted by Gasteiger charge is -2.38. The molecule has 0 aliphatic carbocycles. The number of hydrogen-bond donors (Lipinski definition) is 1. The highest BCUT2D eigenvalue weighted by atomic mass is 19.3. The van der Waals surface area contributed by atoms with Gasteiger partial charge in [0.15, 0.2) is 5.96 Å². The average molecular weight is 392 g/mol. The van der Waals surface area contributed by atoms with E-state index in [0.717, 1.165) is 42.2 Å². The van der Waals surface area contributed by atoms with Crippen LogP contribution in [0.1, 0.15) is 19.3 Å². The smallest absolute Gasteiger partial charge is 0.319 e. The SMILES string of the molecule is CCNC(=NCc1nccn1C(F)F)N1CCN(c2ccccc2OC)CC1. The molecule has 1 aromatic carbocycles. The summed E-state index contributed by atoms with van der Waals surface area (Å²) in [7, 11) is 1.67. The number of ether oxygens (including phenoxy) is 1. The number of para-hydroxylation sites is 2. The molecule has 1 fully saturated rings. The van der Waals surface area contributed by atoms with Crippen LogP contribution in [-0.2, 0) is 6.54 Å². The third-order valence-electron chi connectivity index (χ3n) is 4.67. The first-order chi connectivity index (χ1) is 13.6. The van der Waals surface area contributed by atoms with Crippen molar-refractivity contribution >= 4 is 11.6 Å². The van der Waals surface area contributed by atoms with E-state index < -0.39 is 6.55 Å². The number of piperazine rings is 1. The van der Waals surface area contributed by atoms with Crippen molar-refractivity contribution in [1.82, 2.24) is 19.8 Å². The first-order valence-electron chi connectivity index (χ1n) is 9.35. The fourth-order valence-electron chi connectivity index (χ4n) is 3.27. The zero-order valence-electron chi connectivity index (χ0n) is 16.2. The number of nitrogens with one attached hydrogen (secondary N) is 1. The van der Waals surface area contributed by atoms with E-state index in [1.807, 2.05) is 25.1 Å². The van der Waals surface area contributed by atoms with Crippen molar-refractivity contribution in [2.45, 2.75) is 20.0 Å². The molecule has 1 saturated heterocycles. The molecule has 0 radical (unpaired) electrons. The van der Waals surface area contributed by atoms with Gasteiger partial charge in [0.1, 0.15) is 18.1 Å². The maximum atomic E-state index is 13.0. The molecule has 2 heterocycles. The van der Waals surface area contributed by atoms with Gasteiger partial charge in [-0.25, -0.2) is 9.98 Å². The molecule has 1 aliphatic heterocycles. The van der Waals surface area contributed by atoms with E-state index in [4.69, 9.17) is 4.74 Å². The maximum absolute atomic E-state index is 13.0. The average Bonchev–Trinajstić information content (AvgIpc) is 3.20. The zero-order valence-corrected chi connectivity index (χ0v) is 16.2. The second-order valence-corrected chi connectivity index (χ2v) is 6.34. The molecule has 7 nitrogen and oxygen atoms in total. The molecular formula is C19H26F2N6O. The summed E-state index contributed by atoms with van der Waals surface area (Å²) in [5, 5.41) is 3.25. The lowest BCUT2D eigenvalue weighted by molar-refractivity contribution is 0.0671. The van der Waals surface area contributed by atoms with E-state index in [1.54, 1.807) is 7.11 Å². The molecule has 0 bridgehead atoms. The molecule has 1 aliphatic rings. The maximum Gasteiger partial charge on any atom is 0.319 e. The molecule has 0 spiro atoms. The molecule has 152 valence electrons. The van der Waals surface area contributed by atoms with Crippen molar-refractivity contribution < 1.29 is 13.5 Å². The van der Waals surface area contributed by atoms with Crippen LogP contribution in [0.25, 0.3) is 0 Å². The fraction of sp³-hybridized carbons (Fsp3) is 0.474. The Morgan fingerprint density at radius 2 is 2.00 bits per heavy atom. The number of halogens is 2. The van der Waals surface area contributed by atoms with Gasteiger partial charge in [0, 0.05) is 45.1 Å². The van der Waals surface area contributed by atoms with E-state index in [0.29, 0.717) is 12.5 Å². The third kappa shape index (κ3) is 4.52. The monoisotopic (exact) mass is 392 g/mol. The summed E-state index contributed by atoms with van der Waals surface area (Å²) in [5.74, 6) is 1.82. The largest absolute Gasteiger partial charge is 0.495 e. The molecule has 0 unspecified atom stereocenters. The minimum atomic E-state index is -2.61. The Kier molecular flexibility index (Phi) is 6.67. The van der Waals surface area contributed by atoms with Crippen LogP contribution in [0.2, 0.25) is 0 Å². The number of guanidine groups is 1. The molecule has 0 atom stereocenters. The Balaban J connectivity index is 1.66. The topological polar surface area (TPSA) is 57.9 Å². The molecule has 0 amide bonds. The Morgan fingerprint density at radius 1 is 1.25 bits per heavy atom. The zero-order chi connectivity index (χ0) is 19.9. The van der Waals surface area contributed by atoms with Gasteiger partial charge in [0.2, 0.25) is 0 Å². The molecule has 1 aromatic heterocycles. The minimum Gasteiger partial charge on any atom is -0.495 e. The van der Waals surface area contributed by atoms with Crippen LogP contribution in [0.15, 0.2) is 41.7 Å². The van der Waals surface area contributed by atoms with Crippen LogP contribution >= 0.6 is 0 Å². The van der Waals surface area contributed by atoms with Crippen molar-refractivity contribution in [2.24, 2.45) is 4.99 Å². The number of benzene rings is 1. The van der Waals surface area contributed by atoms with Gasteiger partial charge >= 0.3 is 6.55 Å². The van der Waals surface area contributed by atoms with Crippen LogP contribution in [0.5, 0.6) is 5.75 Å². The highest BCUT2D eigenvalue weighted by Crippen LogP contribution is 2.28. The molecular weight excluding hydrogens is 366 g/mol. The van der Waals surface area contributed by atoms with Crippen LogP contribution in [0.3, 0.4) is 0 Å². The number of aliphatic imine (C=N–C) groups is 1. The van der Waals surface area contributed by atoms with Gasteiger partial charge in [0.05, 0.1) is 12.8 Å². The number of anilines is 1. The van der Waals surface area contributed by atoms with E-state index in [2.05, 4.69) is 31.2 Å². The summed E-state index contributed by atoms with van der Waals surface area (Å²) in [5.41, 5.74) is 1.07. The van der Waals surface area contributed by atoms with Crippen molar-refractivity contribution in [1.29, 1.82) is 0 Å². The van der Waals surface area contributed by atoms with Gasteiger partial charge < -0.3 is 19.9 Å². The molecule has 1 N–H and O–H groups in total. The van der Waals surface area contributed by atoms with Crippen molar-refractivity contribution in [2.75, 3.05) is 44.7 Å². The van der Waals surface area contributed by atoms with Crippen molar-refractivity contribution in [3.05, 3.63) is 42.5 Å². The van der Waals surface area contributed by atoms with Crippen LogP contribution < -0.4 is 15.0 Å². The quantitative estimate of drug-likeness (QED) is 0.605. The lowest BCUT2D eigenvalue weighted by Crippen LogP contribution is -2.52. The van der Waals surface area contributed by atoms with Gasteiger partial charge in [-0.2, -0.15) is 8.78 Å². The van der Waals surface area contributed by atoms with Crippen LogP contribution in [0, 0.1) is 0 Å². The number of nitrogens with zero attached hydrogens (tertiary/aromatic N) is 5. The van der Waals surface area contributed by atoms with Crippen molar-refractivity contribution in [3.8, 4) is 5.75 Å². The summed E-state index contributed by atoms with van der Waals surface area (Å²) in [4.78, 5) is 12.9. The second kappa shape index (κ2) is 9.38. The summed E-state index contributed by atoms with van der Waals surface area (Å²) in [6.07, 6.45) is 2.64. The molecule has 2 aromatic rings. The number of imidazole rings is 1. The summed E-state index contributed by atoms with van der Waals surface area (Å²) >= 11 is 0. The third-order valence-corrected chi connectivity index (χ3v) is 4.67. The number of methoxy groups -OCH3 is 1. The number of alkyl halides is 2. The number of aromatic nitrogens is 2. The number of hydrogen-bond acceptors (Lipinski definition) is 4. The predicted molar refractivity (Wildman–Crippen MR) is 105 cm³/mol. The summed E-state index contributed by atoms with van der Waals surface area (Å²) < 4.78 is 32.3. The number of rotatable bonds is 6. The minimum absolute atomic E-state index is 0.104. The van der Waals surface area contributed by atoms with Gasteiger partial charge in [-0.05, 0) is 19.1 Å². The van der Waals surface area contributed by atoms with Crippen LogP contribution in [0.4, 0.5) is 14.5 Å². The summed E-state index contributed by atoms with van der Waals surface area (Å²) in [6, 6.07) is 7.97. The van der Waals surface area contributed by atoms with Crippen LogP contribution in [-0.4, -0.2) is 60.2 Å². The normalized spacial score (nSPS) is 15.2. The first-order valence-corrected chi connectivity index (χ1v) is 9.35. The summed E-state index contributed by atoms with van der Waals surface area (Å²) in [6.45, 7) is 3.36. The highest BCUT2D eigenvalue weighted by molar-refractivity contribution is 5.80. The van der Waals surface area contributed by atoms with Gasteiger partial charge in [0.25, 0.3) is 0 Å². The highest BCUT2D eigenvalue weighted by Gasteiger charge is 2.22. The van der Waals surface area contributed by atoms with Gasteiger partial charge in [-0.1, -0.05) is 12.1 Å². The Bertz CT molecular complexity index is 786. The lowest BCUT2D eigenvalue weighted by atomic mass is 10.2. The van der Waals surface area contributed by atoms with E-state index in [9.17, 15) is 8.78 Å². The molecule has 0 saturated carbocycles. The first kappa shape index (κ1) is 19.9. The van der Waals surface area contributed by atoms with Crippen molar-refractivity contribution in [3.63, 3.8) is 0 Å². The van der Waals surface area contributed by atoms with E-state index >= 15 is 0 Å². The fourth-order valence-corrected chi connectivity index (χ4v) is 3.27.